The number of aliphatic hydroxyl groups excluding tert-OH is 1. The molecule has 7 heteroatoms. The second kappa shape index (κ2) is 7.01. The van der Waals surface area contributed by atoms with Crippen LogP contribution in [0.5, 0.6) is 0 Å². The first kappa shape index (κ1) is 18.6. The van der Waals surface area contributed by atoms with Gasteiger partial charge < -0.3 is 19.8 Å². The van der Waals surface area contributed by atoms with Gasteiger partial charge in [0.2, 0.25) is 0 Å². The van der Waals surface area contributed by atoms with Gasteiger partial charge in [-0.3, -0.25) is 0 Å². The van der Waals surface area contributed by atoms with Crippen molar-refractivity contribution >= 4 is 17.9 Å². The quantitative estimate of drug-likeness (QED) is 0.866. The highest BCUT2D eigenvalue weighted by molar-refractivity contribution is 8.00. The molecule has 1 saturated heterocycles. The van der Waals surface area contributed by atoms with Crippen molar-refractivity contribution < 1.29 is 19.7 Å². The topological polar surface area (TPSA) is 93.8 Å². The predicted molar refractivity (Wildman–Crippen MR) is 90.6 cm³/mol. The zero-order valence-corrected chi connectivity index (χ0v) is 14.8. The standard InChI is InChI=1S/C17H22N2O4S/c1-16(2,3)23-15(21)19-9-14(17(22,10-19)11-20)24-13-6-4-12(8-18)5-7-13/h4-7,14,20,22H,9-11H2,1-3H3/t14-,17-/m0/s1. The van der Waals surface area contributed by atoms with Gasteiger partial charge in [-0.05, 0) is 45.0 Å². The number of rotatable bonds is 3. The Morgan fingerprint density at radius 2 is 2.08 bits per heavy atom. The number of amides is 1. The number of carbonyl (C=O) groups excluding carboxylic acids is 1. The number of β-amino-alcohol motifs (C(OH)–C–C–N with tert-alkyl or cyclic N) is 1. The van der Waals surface area contributed by atoms with Gasteiger partial charge in [0.1, 0.15) is 11.2 Å². The van der Waals surface area contributed by atoms with E-state index < -0.39 is 23.9 Å². The van der Waals surface area contributed by atoms with Crippen LogP contribution >= 0.6 is 11.8 Å². The average Bonchev–Trinajstić information content (AvgIpc) is 2.84. The van der Waals surface area contributed by atoms with Crippen LogP contribution in [-0.4, -0.2) is 57.4 Å². The number of aliphatic hydroxyl groups is 2. The number of benzene rings is 1. The third-order valence-electron chi connectivity index (χ3n) is 3.64. The Kier molecular flexibility index (Phi) is 5.43. The third kappa shape index (κ3) is 4.41. The molecule has 2 rings (SSSR count). The van der Waals surface area contributed by atoms with Crippen LogP contribution in [0.1, 0.15) is 26.3 Å². The average molecular weight is 350 g/mol. The summed E-state index contributed by atoms with van der Waals surface area (Å²) in [5, 5.41) is 28.7. The van der Waals surface area contributed by atoms with Crippen molar-refractivity contribution in [1.82, 2.24) is 4.90 Å². The van der Waals surface area contributed by atoms with Gasteiger partial charge >= 0.3 is 6.09 Å². The largest absolute Gasteiger partial charge is 0.444 e. The van der Waals surface area contributed by atoms with Gasteiger partial charge in [-0.25, -0.2) is 4.79 Å². The lowest BCUT2D eigenvalue weighted by Crippen LogP contribution is -2.44. The first-order valence-corrected chi connectivity index (χ1v) is 8.53. The molecular weight excluding hydrogens is 328 g/mol. The Hall–Kier alpha value is -1.75. The summed E-state index contributed by atoms with van der Waals surface area (Å²) < 4.78 is 5.34. The fourth-order valence-corrected chi connectivity index (χ4v) is 3.65. The van der Waals surface area contributed by atoms with E-state index in [9.17, 15) is 15.0 Å². The van der Waals surface area contributed by atoms with Gasteiger partial charge in [0.05, 0.1) is 30.0 Å². The highest BCUT2D eigenvalue weighted by atomic mass is 32.2. The monoisotopic (exact) mass is 350 g/mol. The fraction of sp³-hybridized carbons (Fsp3) is 0.529. The van der Waals surface area contributed by atoms with E-state index in [4.69, 9.17) is 10.00 Å². The summed E-state index contributed by atoms with van der Waals surface area (Å²) in [5.74, 6) is 0. The normalized spacial score (nSPS) is 23.8. The van der Waals surface area contributed by atoms with Gasteiger partial charge in [-0.2, -0.15) is 5.26 Å². The second-order valence-electron chi connectivity index (χ2n) is 6.87. The summed E-state index contributed by atoms with van der Waals surface area (Å²) >= 11 is 1.37. The molecule has 1 aliphatic heterocycles. The van der Waals surface area contributed by atoms with Crippen molar-refractivity contribution in [1.29, 1.82) is 5.26 Å². The lowest BCUT2D eigenvalue weighted by atomic mass is 10.1. The number of ether oxygens (including phenoxy) is 1. The molecule has 1 aromatic rings. The lowest BCUT2D eigenvalue weighted by molar-refractivity contribution is -0.00976. The third-order valence-corrected chi connectivity index (χ3v) is 5.05. The van der Waals surface area contributed by atoms with Gasteiger partial charge in [-0.1, -0.05) is 0 Å². The maximum Gasteiger partial charge on any atom is 0.410 e. The minimum absolute atomic E-state index is 0.0202. The Balaban J connectivity index is 2.10. The summed E-state index contributed by atoms with van der Waals surface area (Å²) in [7, 11) is 0. The van der Waals surface area contributed by atoms with E-state index in [0.717, 1.165) is 4.90 Å². The highest BCUT2D eigenvalue weighted by Gasteiger charge is 2.48. The van der Waals surface area contributed by atoms with Crippen molar-refractivity contribution in [3.63, 3.8) is 0 Å². The van der Waals surface area contributed by atoms with Crippen LogP contribution in [0.25, 0.3) is 0 Å². The first-order chi connectivity index (χ1) is 11.2. The number of nitrogens with zero attached hydrogens (tertiary/aromatic N) is 2. The Morgan fingerprint density at radius 1 is 1.46 bits per heavy atom. The molecule has 6 nitrogen and oxygen atoms in total. The van der Waals surface area contributed by atoms with Crippen LogP contribution in [-0.2, 0) is 4.74 Å². The van der Waals surface area contributed by atoms with E-state index in [1.807, 2.05) is 0 Å². The molecule has 1 fully saturated rings. The molecule has 0 bridgehead atoms. The highest BCUT2D eigenvalue weighted by Crippen LogP contribution is 2.36. The molecule has 0 unspecified atom stereocenters. The van der Waals surface area contributed by atoms with E-state index in [1.165, 1.54) is 16.7 Å². The van der Waals surface area contributed by atoms with Crippen LogP contribution in [0.4, 0.5) is 4.79 Å². The molecule has 0 spiro atoms. The van der Waals surface area contributed by atoms with Gasteiger partial charge in [0.25, 0.3) is 0 Å². The van der Waals surface area contributed by atoms with Crippen LogP contribution in [0.2, 0.25) is 0 Å². The summed E-state index contributed by atoms with van der Waals surface area (Å²) in [6.07, 6.45) is -0.502. The predicted octanol–water partition coefficient (Wildman–Crippen LogP) is 1.99. The van der Waals surface area contributed by atoms with E-state index in [1.54, 1.807) is 45.0 Å². The molecule has 130 valence electrons. The van der Waals surface area contributed by atoms with E-state index in [-0.39, 0.29) is 18.3 Å². The minimum atomic E-state index is -1.39. The Bertz CT molecular complexity index is 635. The molecular formula is C17H22N2O4S. The number of thioether (sulfide) groups is 1. The summed E-state index contributed by atoms with van der Waals surface area (Å²) in [4.78, 5) is 14.5. The van der Waals surface area contributed by atoms with Crippen molar-refractivity contribution in [3.8, 4) is 6.07 Å². The SMILES string of the molecule is CC(C)(C)OC(=O)N1C[C@H](Sc2ccc(C#N)cc2)[C@@](O)(CO)C1. The number of hydrogen-bond donors (Lipinski definition) is 2. The number of likely N-dealkylation sites (tertiary alicyclic amines) is 1. The molecule has 0 saturated carbocycles. The number of carbonyl (C=O) groups is 1. The molecule has 0 aliphatic carbocycles. The molecule has 2 N–H and O–H groups in total. The van der Waals surface area contributed by atoms with Crippen LogP contribution in [0.15, 0.2) is 29.2 Å². The smallest absolute Gasteiger partial charge is 0.410 e. The summed E-state index contributed by atoms with van der Waals surface area (Å²) in [5.41, 5.74) is -1.46. The van der Waals surface area contributed by atoms with Crippen molar-refractivity contribution in [2.45, 2.75) is 42.1 Å². The van der Waals surface area contributed by atoms with Gasteiger partial charge in [-0.15, -0.1) is 11.8 Å². The zero-order valence-electron chi connectivity index (χ0n) is 14.0. The van der Waals surface area contributed by atoms with Crippen LogP contribution in [0.3, 0.4) is 0 Å². The van der Waals surface area contributed by atoms with Crippen molar-refractivity contribution in [3.05, 3.63) is 29.8 Å². The number of hydrogen-bond acceptors (Lipinski definition) is 6. The van der Waals surface area contributed by atoms with Gasteiger partial charge in [0.15, 0.2) is 0 Å². The zero-order chi connectivity index (χ0) is 18.0. The second-order valence-corrected chi connectivity index (χ2v) is 8.14. The van der Waals surface area contributed by atoms with Crippen molar-refractivity contribution in [2.24, 2.45) is 0 Å². The van der Waals surface area contributed by atoms with E-state index in [0.29, 0.717) is 5.56 Å². The Labute approximate surface area is 146 Å². The molecule has 24 heavy (non-hydrogen) atoms. The molecule has 1 aromatic carbocycles. The molecule has 0 aromatic heterocycles. The summed E-state index contributed by atoms with van der Waals surface area (Å²) in [6.45, 7) is 5.19. The number of nitriles is 1. The molecule has 1 aliphatic rings. The molecule has 1 amide bonds. The molecule has 1 heterocycles. The van der Waals surface area contributed by atoms with E-state index >= 15 is 0 Å². The first-order valence-electron chi connectivity index (χ1n) is 7.65. The van der Waals surface area contributed by atoms with Crippen LogP contribution in [0, 0.1) is 11.3 Å². The van der Waals surface area contributed by atoms with Gasteiger partial charge in [0, 0.05) is 11.4 Å². The maximum absolute atomic E-state index is 12.2. The Morgan fingerprint density at radius 3 is 2.58 bits per heavy atom. The molecule has 0 radical (unpaired) electrons. The van der Waals surface area contributed by atoms with Crippen LogP contribution < -0.4 is 0 Å². The van der Waals surface area contributed by atoms with E-state index in [2.05, 4.69) is 6.07 Å². The summed E-state index contributed by atoms with van der Waals surface area (Å²) in [6, 6.07) is 9.02. The maximum atomic E-state index is 12.2. The lowest BCUT2D eigenvalue weighted by Gasteiger charge is -2.26. The molecule has 2 atom stereocenters. The fourth-order valence-electron chi connectivity index (χ4n) is 2.40. The van der Waals surface area contributed by atoms with Crippen molar-refractivity contribution in [2.75, 3.05) is 19.7 Å². The minimum Gasteiger partial charge on any atom is -0.444 e.